The number of aryl methyl sites for hydroxylation is 1. The molecule has 0 aliphatic rings. The molecule has 10 heavy (non-hydrogen) atoms. The Labute approximate surface area is 61.6 Å². The molecular formula is C9H13O+. The lowest BCUT2D eigenvalue weighted by Crippen LogP contribution is -1.90. The number of hydrogen-bond acceptors (Lipinski definition) is 0. The van der Waals surface area contributed by atoms with Crippen LogP contribution in [0.1, 0.15) is 11.1 Å². The molecule has 1 rings (SSSR count). The molecule has 0 heterocycles. The van der Waals surface area contributed by atoms with Crippen LogP contribution in [-0.4, -0.2) is 11.8 Å². The molecule has 0 amide bonds. The molecule has 1 nitrogen and oxygen atoms in total. The molecule has 0 fully saturated rings. The minimum Gasteiger partial charge on any atom is -0.432 e. The lowest BCUT2D eigenvalue weighted by molar-refractivity contribution is -0.000829. The van der Waals surface area contributed by atoms with Crippen LogP contribution >= 0.6 is 0 Å². The van der Waals surface area contributed by atoms with Gasteiger partial charge in [-0.2, -0.15) is 0 Å². The van der Waals surface area contributed by atoms with Gasteiger partial charge < -0.3 is 4.74 Å². The maximum absolute atomic E-state index is 4.04. The van der Waals surface area contributed by atoms with Crippen LogP contribution in [0.4, 0.5) is 0 Å². The Morgan fingerprint density at radius 3 is 2.30 bits per heavy atom. The Kier molecular flexibility index (Phi) is 2.46. The van der Waals surface area contributed by atoms with Gasteiger partial charge >= 0.3 is 0 Å². The summed E-state index contributed by atoms with van der Waals surface area (Å²) >= 11 is 0. The Hall–Kier alpha value is -0.820. The molecule has 0 atom stereocenters. The third kappa shape index (κ3) is 1.85. The third-order valence-electron chi connectivity index (χ3n) is 1.46. The van der Waals surface area contributed by atoms with Crippen molar-refractivity contribution >= 4 is 0 Å². The summed E-state index contributed by atoms with van der Waals surface area (Å²) in [6, 6.07) is 8.45. The van der Waals surface area contributed by atoms with Crippen molar-refractivity contribution in [1.82, 2.24) is 0 Å². The van der Waals surface area contributed by atoms with Crippen LogP contribution in [0.2, 0.25) is 0 Å². The summed E-state index contributed by atoms with van der Waals surface area (Å²) in [6.45, 7) is 2.92. The minimum absolute atomic E-state index is 0.834. The fourth-order valence-corrected chi connectivity index (χ4v) is 0.876. The van der Waals surface area contributed by atoms with Gasteiger partial charge in [0.05, 0.1) is 0 Å². The van der Waals surface area contributed by atoms with Crippen molar-refractivity contribution in [3.05, 3.63) is 35.4 Å². The first-order valence-corrected chi connectivity index (χ1v) is 3.44. The van der Waals surface area contributed by atoms with Crippen LogP contribution < -0.4 is 0 Å². The van der Waals surface area contributed by atoms with Gasteiger partial charge in [-0.1, -0.05) is 29.8 Å². The van der Waals surface area contributed by atoms with Gasteiger partial charge in [-0.05, 0) is 6.92 Å². The molecule has 0 aliphatic heterocycles. The van der Waals surface area contributed by atoms with Gasteiger partial charge in [-0.15, -0.1) is 0 Å². The Bertz CT molecular complexity index is 188. The van der Waals surface area contributed by atoms with Crippen molar-refractivity contribution in [2.75, 3.05) is 7.11 Å². The first-order chi connectivity index (χ1) is 4.83. The molecule has 0 saturated carbocycles. The molecule has 0 unspecified atom stereocenters. The van der Waals surface area contributed by atoms with Crippen molar-refractivity contribution in [3.8, 4) is 0 Å². The molecule has 1 heteroatoms. The second-order valence-corrected chi connectivity index (χ2v) is 2.46. The molecule has 0 aliphatic carbocycles. The van der Waals surface area contributed by atoms with Crippen molar-refractivity contribution < 1.29 is 4.74 Å². The number of aliphatic hydroxyl groups is 2. The molecule has 1 aromatic carbocycles. The van der Waals surface area contributed by atoms with Gasteiger partial charge in [0.15, 0.2) is 6.61 Å². The zero-order valence-corrected chi connectivity index (χ0v) is 6.46. The smallest absolute Gasteiger partial charge is 0.170 e. The molecular weight excluding hydrogens is 124 g/mol. The van der Waals surface area contributed by atoms with Gasteiger partial charge in [0.25, 0.3) is 0 Å². The Morgan fingerprint density at radius 2 is 1.80 bits per heavy atom. The molecule has 54 valence electrons. The van der Waals surface area contributed by atoms with E-state index in [1.807, 2.05) is 7.11 Å². The lowest BCUT2D eigenvalue weighted by Gasteiger charge is -1.95. The van der Waals surface area contributed by atoms with Crippen LogP contribution in [0.3, 0.4) is 0 Å². The van der Waals surface area contributed by atoms with Gasteiger partial charge in [-0.25, -0.2) is 0 Å². The van der Waals surface area contributed by atoms with Gasteiger partial charge in [-0.3, -0.25) is 0 Å². The van der Waals surface area contributed by atoms with E-state index in [0.29, 0.717) is 0 Å². The first-order valence-electron chi connectivity index (χ1n) is 3.44. The highest BCUT2D eigenvalue weighted by molar-refractivity contribution is 5.20. The Morgan fingerprint density at radius 1 is 1.20 bits per heavy atom. The Balaban J connectivity index is 2.69. The highest BCUT2D eigenvalue weighted by atomic mass is 16.5. The van der Waals surface area contributed by atoms with Crippen LogP contribution in [-0.2, 0) is 6.61 Å². The summed E-state index contributed by atoms with van der Waals surface area (Å²) in [5.74, 6) is 0. The minimum atomic E-state index is 0.834. The normalized spacial score (nSPS) is 9.80. The fourth-order valence-electron chi connectivity index (χ4n) is 0.876. The van der Waals surface area contributed by atoms with Gasteiger partial charge in [0, 0.05) is 5.56 Å². The topological polar surface area (TPSA) is 12.8 Å². The summed E-state index contributed by atoms with van der Waals surface area (Å²) in [7, 11) is 1.83. The monoisotopic (exact) mass is 137 g/mol. The van der Waals surface area contributed by atoms with E-state index in [2.05, 4.69) is 35.9 Å². The van der Waals surface area contributed by atoms with Crippen molar-refractivity contribution in [2.24, 2.45) is 0 Å². The fraction of sp³-hybridized carbons (Fsp3) is 0.333. The van der Waals surface area contributed by atoms with E-state index in [0.717, 1.165) is 6.61 Å². The van der Waals surface area contributed by atoms with Crippen LogP contribution in [0.15, 0.2) is 24.3 Å². The average molecular weight is 137 g/mol. The number of benzene rings is 1. The molecule has 0 radical (unpaired) electrons. The van der Waals surface area contributed by atoms with Crippen molar-refractivity contribution in [1.29, 1.82) is 0 Å². The van der Waals surface area contributed by atoms with Crippen molar-refractivity contribution in [2.45, 2.75) is 13.5 Å². The van der Waals surface area contributed by atoms with E-state index < -0.39 is 0 Å². The van der Waals surface area contributed by atoms with Crippen LogP contribution in [0.25, 0.3) is 0 Å². The summed E-state index contributed by atoms with van der Waals surface area (Å²) < 4.78 is 4.04. The predicted octanol–water partition coefficient (Wildman–Crippen LogP) is 1.65. The SMILES string of the molecule is C[OH+]Cc1ccc(C)cc1. The maximum atomic E-state index is 4.04. The van der Waals surface area contributed by atoms with E-state index in [4.69, 9.17) is 0 Å². The summed E-state index contributed by atoms with van der Waals surface area (Å²) in [6.07, 6.45) is 0. The standard InChI is InChI=1S/C9H12O/c1-8-3-5-9(6-4-8)7-10-2/h3-6H,7H2,1-2H3/p+1. The van der Waals surface area contributed by atoms with Gasteiger partial charge in [0.1, 0.15) is 7.11 Å². The van der Waals surface area contributed by atoms with E-state index in [-0.39, 0.29) is 0 Å². The predicted molar refractivity (Wildman–Crippen MR) is 43.0 cm³/mol. The van der Waals surface area contributed by atoms with Crippen molar-refractivity contribution in [3.63, 3.8) is 0 Å². The average Bonchev–Trinajstić information content (AvgIpc) is 1.95. The van der Waals surface area contributed by atoms with E-state index in [9.17, 15) is 0 Å². The largest absolute Gasteiger partial charge is 0.432 e. The quantitative estimate of drug-likeness (QED) is 0.550. The van der Waals surface area contributed by atoms with E-state index in [1.165, 1.54) is 11.1 Å². The zero-order chi connectivity index (χ0) is 7.40. The second kappa shape index (κ2) is 3.37. The van der Waals surface area contributed by atoms with Crippen LogP contribution in [0.5, 0.6) is 0 Å². The van der Waals surface area contributed by atoms with E-state index >= 15 is 0 Å². The molecule has 1 aromatic rings. The second-order valence-electron chi connectivity index (χ2n) is 2.46. The third-order valence-corrected chi connectivity index (χ3v) is 1.46. The highest BCUT2D eigenvalue weighted by Crippen LogP contribution is 2.02. The summed E-state index contributed by atoms with van der Waals surface area (Å²) in [5.41, 5.74) is 2.59. The molecule has 1 N–H and O–H groups in total. The first kappa shape index (κ1) is 7.29. The lowest BCUT2D eigenvalue weighted by atomic mass is 10.2. The molecule has 0 spiro atoms. The molecule has 0 saturated heterocycles. The number of rotatable bonds is 2. The highest BCUT2D eigenvalue weighted by Gasteiger charge is 1.91. The van der Waals surface area contributed by atoms with Gasteiger partial charge in [0.2, 0.25) is 0 Å². The van der Waals surface area contributed by atoms with E-state index in [1.54, 1.807) is 0 Å². The summed E-state index contributed by atoms with van der Waals surface area (Å²) in [5, 5.41) is 0. The zero-order valence-electron chi connectivity index (χ0n) is 6.46. The number of ether oxygens (including phenoxy) is 1. The molecule has 0 bridgehead atoms. The van der Waals surface area contributed by atoms with Crippen LogP contribution in [0, 0.1) is 6.92 Å². The maximum Gasteiger partial charge on any atom is 0.170 e. The molecule has 0 aromatic heterocycles. The number of hydrogen-bond donors (Lipinski definition) is 0. The summed E-state index contributed by atoms with van der Waals surface area (Å²) in [4.78, 5) is 0.